The van der Waals surface area contributed by atoms with Crippen LogP contribution < -0.4 is 11.1 Å². The van der Waals surface area contributed by atoms with Crippen molar-refractivity contribution in [2.45, 2.75) is 24.3 Å². The van der Waals surface area contributed by atoms with Crippen LogP contribution in [0.25, 0.3) is 0 Å². The van der Waals surface area contributed by atoms with Crippen LogP contribution in [0, 0.1) is 0 Å². The largest absolute Gasteiger partial charge is 0.389 e. The van der Waals surface area contributed by atoms with Crippen molar-refractivity contribution >= 4 is 36.4 Å². The molecular weight excluding hydrogens is 238 g/mol. The highest BCUT2D eigenvalue weighted by Crippen LogP contribution is 2.14. The standard InChI is InChI=1S/C6H13ClN2O2.2ClH/c7-1-3-5(10)6(11)4(2-8)9-3;;/h3-6,9-11H,1-2,8H2;2*1H/t3-,4+,5+,6-;;/m0../s1. The van der Waals surface area contributed by atoms with Gasteiger partial charge in [-0.3, -0.25) is 0 Å². The summed E-state index contributed by atoms with van der Waals surface area (Å²) in [6.45, 7) is 0.311. The second kappa shape index (κ2) is 7.06. The first-order chi connectivity index (χ1) is 5.20. The molecule has 0 unspecified atom stereocenters. The van der Waals surface area contributed by atoms with E-state index in [2.05, 4.69) is 5.32 Å². The number of hydrogen-bond acceptors (Lipinski definition) is 4. The van der Waals surface area contributed by atoms with Crippen LogP contribution in [0.1, 0.15) is 0 Å². The van der Waals surface area contributed by atoms with Crippen molar-refractivity contribution in [2.75, 3.05) is 12.4 Å². The summed E-state index contributed by atoms with van der Waals surface area (Å²) < 4.78 is 0. The number of aliphatic hydroxyl groups is 2. The molecule has 0 amide bonds. The lowest BCUT2D eigenvalue weighted by molar-refractivity contribution is 0.0319. The number of rotatable bonds is 2. The minimum atomic E-state index is -0.791. The average molecular weight is 254 g/mol. The van der Waals surface area contributed by atoms with Gasteiger partial charge in [0.15, 0.2) is 0 Å². The molecule has 0 aromatic carbocycles. The van der Waals surface area contributed by atoms with Gasteiger partial charge in [0.25, 0.3) is 0 Å². The lowest BCUT2D eigenvalue weighted by Gasteiger charge is -2.12. The monoisotopic (exact) mass is 252 g/mol. The zero-order valence-corrected chi connectivity index (χ0v) is 9.28. The molecular formula is C6H15Cl3N2O2. The molecule has 0 aromatic rings. The Kier molecular flexibility index (Phi) is 8.77. The molecule has 7 heteroatoms. The number of aliphatic hydroxyl groups excluding tert-OH is 2. The number of hydrogen-bond donors (Lipinski definition) is 4. The van der Waals surface area contributed by atoms with Crippen LogP contribution in [0.15, 0.2) is 0 Å². The third-order valence-electron chi connectivity index (χ3n) is 2.02. The molecule has 0 saturated carbocycles. The van der Waals surface area contributed by atoms with Gasteiger partial charge in [0, 0.05) is 24.5 Å². The first-order valence-electron chi connectivity index (χ1n) is 3.59. The zero-order chi connectivity index (χ0) is 8.43. The van der Waals surface area contributed by atoms with E-state index in [4.69, 9.17) is 17.3 Å². The van der Waals surface area contributed by atoms with E-state index in [-0.39, 0.29) is 42.8 Å². The maximum absolute atomic E-state index is 9.31. The summed E-state index contributed by atoms with van der Waals surface area (Å²) in [7, 11) is 0. The molecule has 5 N–H and O–H groups in total. The van der Waals surface area contributed by atoms with E-state index >= 15 is 0 Å². The third-order valence-corrected chi connectivity index (χ3v) is 2.36. The van der Waals surface area contributed by atoms with E-state index in [0.717, 1.165) is 0 Å². The van der Waals surface area contributed by atoms with Crippen molar-refractivity contribution in [3.63, 3.8) is 0 Å². The molecule has 0 aromatic heterocycles. The van der Waals surface area contributed by atoms with Crippen molar-refractivity contribution in [1.82, 2.24) is 5.32 Å². The molecule has 13 heavy (non-hydrogen) atoms. The Labute approximate surface area is 94.6 Å². The predicted octanol–water partition coefficient (Wildman–Crippen LogP) is -0.910. The van der Waals surface area contributed by atoms with E-state index < -0.39 is 12.2 Å². The normalized spacial score (nSPS) is 37.8. The summed E-state index contributed by atoms with van der Waals surface area (Å²) in [5.41, 5.74) is 5.33. The number of nitrogens with two attached hydrogens (primary N) is 1. The van der Waals surface area contributed by atoms with Gasteiger partial charge in [0.05, 0.1) is 12.2 Å². The Balaban J connectivity index is 0. The van der Waals surface area contributed by atoms with E-state index in [1.54, 1.807) is 0 Å². The first-order valence-corrected chi connectivity index (χ1v) is 4.12. The van der Waals surface area contributed by atoms with Crippen LogP contribution in [-0.4, -0.2) is 46.9 Å². The molecule has 0 bridgehead atoms. The van der Waals surface area contributed by atoms with Gasteiger partial charge in [0.2, 0.25) is 0 Å². The smallest absolute Gasteiger partial charge is 0.0979 e. The minimum Gasteiger partial charge on any atom is -0.389 e. The summed E-state index contributed by atoms with van der Waals surface area (Å²) in [5, 5.41) is 21.5. The summed E-state index contributed by atoms with van der Waals surface area (Å²) in [5.74, 6) is 0.286. The summed E-state index contributed by atoms with van der Waals surface area (Å²) in [6, 6.07) is -0.464. The summed E-state index contributed by atoms with van der Waals surface area (Å²) in [4.78, 5) is 0. The van der Waals surface area contributed by atoms with Gasteiger partial charge in [-0.25, -0.2) is 0 Å². The number of alkyl halides is 1. The Morgan fingerprint density at radius 3 is 1.85 bits per heavy atom. The van der Waals surface area contributed by atoms with Crippen LogP contribution in [0.4, 0.5) is 0 Å². The van der Waals surface area contributed by atoms with E-state index in [1.807, 2.05) is 0 Å². The first kappa shape index (κ1) is 16.2. The fourth-order valence-corrected chi connectivity index (χ4v) is 1.56. The van der Waals surface area contributed by atoms with Crippen molar-refractivity contribution < 1.29 is 10.2 Å². The molecule has 0 spiro atoms. The Hall–Kier alpha value is 0.710. The van der Waals surface area contributed by atoms with Gasteiger partial charge in [-0.05, 0) is 0 Å². The van der Waals surface area contributed by atoms with Crippen molar-refractivity contribution in [3.8, 4) is 0 Å². The van der Waals surface area contributed by atoms with Gasteiger partial charge in [0.1, 0.15) is 0 Å². The molecule has 1 saturated heterocycles. The lowest BCUT2D eigenvalue weighted by Crippen LogP contribution is -2.40. The fraction of sp³-hybridized carbons (Fsp3) is 1.00. The lowest BCUT2D eigenvalue weighted by atomic mass is 10.1. The molecule has 1 fully saturated rings. The maximum atomic E-state index is 9.31. The number of halogens is 3. The van der Waals surface area contributed by atoms with Gasteiger partial charge in [-0.15, -0.1) is 36.4 Å². The van der Waals surface area contributed by atoms with E-state index in [1.165, 1.54) is 0 Å². The molecule has 0 radical (unpaired) electrons. The number of nitrogens with one attached hydrogen (secondary N) is 1. The third kappa shape index (κ3) is 3.40. The van der Waals surface area contributed by atoms with Crippen LogP contribution in [0.2, 0.25) is 0 Å². The topological polar surface area (TPSA) is 78.5 Å². The van der Waals surface area contributed by atoms with E-state index in [9.17, 15) is 10.2 Å². The van der Waals surface area contributed by atoms with Crippen molar-refractivity contribution in [2.24, 2.45) is 5.73 Å². The Bertz CT molecular complexity index is 123. The average Bonchev–Trinajstić information content (AvgIpc) is 2.30. The molecule has 1 aliphatic heterocycles. The SMILES string of the molecule is Cl.Cl.NC[C@H]1N[C@@H](CCl)[C@@H](O)[C@H]1O. The molecule has 0 aliphatic carbocycles. The summed E-state index contributed by atoms with van der Waals surface area (Å²) in [6.07, 6.45) is -1.58. The fourth-order valence-electron chi connectivity index (χ4n) is 1.29. The van der Waals surface area contributed by atoms with Crippen LogP contribution in [0.3, 0.4) is 0 Å². The molecule has 4 atom stereocenters. The second-order valence-electron chi connectivity index (χ2n) is 2.75. The molecule has 1 aliphatic rings. The molecule has 1 heterocycles. The molecule has 1 rings (SSSR count). The van der Waals surface area contributed by atoms with Gasteiger partial charge in [-0.2, -0.15) is 0 Å². The Morgan fingerprint density at radius 2 is 1.62 bits per heavy atom. The van der Waals surface area contributed by atoms with Gasteiger partial charge < -0.3 is 21.3 Å². The predicted molar refractivity (Wildman–Crippen MR) is 57.0 cm³/mol. The van der Waals surface area contributed by atoms with Crippen LogP contribution in [0.5, 0.6) is 0 Å². The highest BCUT2D eigenvalue weighted by molar-refractivity contribution is 6.18. The van der Waals surface area contributed by atoms with Gasteiger partial charge in [-0.1, -0.05) is 0 Å². The van der Waals surface area contributed by atoms with Crippen LogP contribution in [-0.2, 0) is 0 Å². The van der Waals surface area contributed by atoms with E-state index in [0.29, 0.717) is 6.54 Å². The van der Waals surface area contributed by atoms with Gasteiger partial charge >= 0.3 is 0 Å². The van der Waals surface area contributed by atoms with Crippen molar-refractivity contribution in [1.29, 1.82) is 0 Å². The van der Waals surface area contributed by atoms with Crippen molar-refractivity contribution in [3.05, 3.63) is 0 Å². The Morgan fingerprint density at radius 1 is 1.15 bits per heavy atom. The maximum Gasteiger partial charge on any atom is 0.0979 e. The zero-order valence-electron chi connectivity index (χ0n) is 6.89. The molecule has 82 valence electrons. The quantitative estimate of drug-likeness (QED) is 0.481. The molecule has 4 nitrogen and oxygen atoms in total. The van der Waals surface area contributed by atoms with Crippen LogP contribution >= 0.6 is 36.4 Å². The minimum absolute atomic E-state index is 0. The summed E-state index contributed by atoms with van der Waals surface area (Å²) >= 11 is 5.52. The highest BCUT2D eigenvalue weighted by atomic mass is 35.5. The second-order valence-corrected chi connectivity index (χ2v) is 3.06. The highest BCUT2D eigenvalue weighted by Gasteiger charge is 2.39.